The molecule has 0 aliphatic heterocycles. The van der Waals surface area contributed by atoms with Crippen LogP contribution in [0.2, 0.25) is 0 Å². The van der Waals surface area contributed by atoms with Crippen LogP contribution in [0, 0.1) is 5.92 Å². The summed E-state index contributed by atoms with van der Waals surface area (Å²) in [5.74, 6) is -1.29. The van der Waals surface area contributed by atoms with Crippen molar-refractivity contribution < 1.29 is 80.2 Å². The van der Waals surface area contributed by atoms with Crippen LogP contribution in [-0.2, 0) is 65.4 Å². The highest BCUT2D eigenvalue weighted by molar-refractivity contribution is 7.47. The zero-order valence-corrected chi connectivity index (χ0v) is 72.8. The van der Waals surface area contributed by atoms with Gasteiger partial charge in [-0.25, -0.2) is 9.13 Å². The van der Waals surface area contributed by atoms with Crippen LogP contribution in [0.25, 0.3) is 0 Å². The second-order valence-electron chi connectivity index (χ2n) is 32.5. The van der Waals surface area contributed by atoms with Crippen LogP contribution in [0.15, 0.2) is 0 Å². The SMILES string of the molecule is CCCCCCCCCCCCCCCCCCCCCCCC(=O)O[C@H](COC(=O)CCCCCCCCCCCCCCCCC(C)C)COP(=O)(O)OC[C@@H](O)COP(=O)(O)OC[C@@H](COC(=O)CCCCCCCCCCCCCCC)OC(=O)CCCCCCCCCCCCCCCCCCC. The van der Waals surface area contributed by atoms with E-state index < -0.39 is 97.5 Å². The van der Waals surface area contributed by atoms with Crippen molar-refractivity contribution in [3.8, 4) is 0 Å². The first-order valence-electron chi connectivity index (χ1n) is 46.1. The van der Waals surface area contributed by atoms with Crippen molar-refractivity contribution in [3.63, 3.8) is 0 Å². The van der Waals surface area contributed by atoms with Gasteiger partial charge in [0, 0.05) is 25.7 Å². The van der Waals surface area contributed by atoms with Crippen molar-refractivity contribution in [3.05, 3.63) is 0 Å². The number of carbonyl (C=O) groups excluding carboxylic acids is 4. The van der Waals surface area contributed by atoms with Gasteiger partial charge in [-0.05, 0) is 31.6 Å². The molecule has 0 radical (unpaired) electrons. The van der Waals surface area contributed by atoms with Gasteiger partial charge in [-0.2, -0.15) is 0 Å². The maximum absolute atomic E-state index is 13.2. The van der Waals surface area contributed by atoms with Crippen LogP contribution in [-0.4, -0.2) is 96.7 Å². The molecular formula is C89H174O17P2. The molecule has 5 atom stereocenters. The van der Waals surface area contributed by atoms with E-state index in [1.165, 1.54) is 308 Å². The van der Waals surface area contributed by atoms with Gasteiger partial charge in [0.1, 0.15) is 19.3 Å². The molecule has 17 nitrogen and oxygen atoms in total. The summed E-state index contributed by atoms with van der Waals surface area (Å²) < 4.78 is 69.0. The lowest BCUT2D eigenvalue weighted by atomic mass is 10.0. The van der Waals surface area contributed by atoms with E-state index in [0.29, 0.717) is 25.7 Å². The number of carbonyl (C=O) groups is 4. The lowest BCUT2D eigenvalue weighted by molar-refractivity contribution is -0.161. The summed E-state index contributed by atoms with van der Waals surface area (Å²) in [5.41, 5.74) is 0. The Balaban J connectivity index is 5.25. The molecule has 0 saturated heterocycles. The van der Waals surface area contributed by atoms with Gasteiger partial charge in [-0.15, -0.1) is 0 Å². The minimum Gasteiger partial charge on any atom is -0.462 e. The average Bonchev–Trinajstić information content (AvgIpc) is 0.920. The van der Waals surface area contributed by atoms with E-state index in [9.17, 15) is 43.2 Å². The number of aliphatic hydroxyl groups excluding tert-OH is 1. The Morgan fingerprint density at radius 3 is 0.630 bits per heavy atom. The third-order valence-electron chi connectivity index (χ3n) is 21.0. The molecule has 0 saturated carbocycles. The summed E-state index contributed by atoms with van der Waals surface area (Å²) in [5, 5.41) is 10.7. The van der Waals surface area contributed by atoms with Crippen LogP contribution >= 0.6 is 15.6 Å². The molecule has 0 aromatic rings. The average molecular weight is 1580 g/mol. The Bertz CT molecular complexity index is 2050. The Kier molecular flexibility index (Phi) is 80.2. The fraction of sp³-hybridized carbons (Fsp3) is 0.955. The number of hydrogen-bond acceptors (Lipinski definition) is 15. The van der Waals surface area contributed by atoms with Crippen molar-refractivity contribution in [1.29, 1.82) is 0 Å². The summed E-state index contributed by atoms with van der Waals surface area (Å²) >= 11 is 0. The molecule has 0 heterocycles. The predicted octanol–water partition coefficient (Wildman–Crippen LogP) is 27.5. The minimum absolute atomic E-state index is 0.109. The van der Waals surface area contributed by atoms with Gasteiger partial charge in [0.2, 0.25) is 0 Å². The van der Waals surface area contributed by atoms with Gasteiger partial charge >= 0.3 is 39.5 Å². The van der Waals surface area contributed by atoms with Crippen LogP contribution < -0.4 is 0 Å². The van der Waals surface area contributed by atoms with E-state index in [-0.39, 0.29) is 25.7 Å². The quantitative estimate of drug-likeness (QED) is 0.0222. The fourth-order valence-corrected chi connectivity index (χ4v) is 15.6. The van der Waals surface area contributed by atoms with Gasteiger partial charge in [-0.3, -0.25) is 37.3 Å². The second kappa shape index (κ2) is 81.6. The smallest absolute Gasteiger partial charge is 0.462 e. The Hall–Kier alpha value is -1.94. The van der Waals surface area contributed by atoms with Gasteiger partial charge in [0.15, 0.2) is 12.2 Å². The molecule has 0 aliphatic rings. The highest BCUT2D eigenvalue weighted by atomic mass is 31.2. The van der Waals surface area contributed by atoms with Crippen molar-refractivity contribution in [2.24, 2.45) is 5.92 Å². The first kappa shape index (κ1) is 106. The number of unbranched alkanes of at least 4 members (excludes halogenated alkanes) is 61. The summed E-state index contributed by atoms with van der Waals surface area (Å²) in [6.45, 7) is 7.42. The zero-order valence-electron chi connectivity index (χ0n) is 71.0. The molecule has 0 aromatic carbocycles. The lowest BCUT2D eigenvalue weighted by Crippen LogP contribution is -2.30. The Labute approximate surface area is 664 Å². The third kappa shape index (κ3) is 82.1. The molecule has 0 fully saturated rings. The number of phosphoric ester groups is 2. The van der Waals surface area contributed by atoms with E-state index in [2.05, 4.69) is 34.6 Å². The van der Waals surface area contributed by atoms with Crippen molar-refractivity contribution in [1.82, 2.24) is 0 Å². The fourth-order valence-electron chi connectivity index (χ4n) is 14.0. The molecule has 0 aliphatic carbocycles. The number of esters is 4. The Morgan fingerprint density at radius 1 is 0.250 bits per heavy atom. The molecule has 2 unspecified atom stereocenters. The molecule has 642 valence electrons. The highest BCUT2D eigenvalue weighted by Gasteiger charge is 2.30. The maximum Gasteiger partial charge on any atom is 0.472 e. The molecule has 0 spiro atoms. The van der Waals surface area contributed by atoms with E-state index in [1.807, 2.05) is 0 Å². The van der Waals surface area contributed by atoms with Crippen LogP contribution in [0.3, 0.4) is 0 Å². The molecule has 0 rings (SSSR count). The first-order valence-corrected chi connectivity index (χ1v) is 49.1. The number of hydrogen-bond donors (Lipinski definition) is 3. The van der Waals surface area contributed by atoms with E-state index >= 15 is 0 Å². The van der Waals surface area contributed by atoms with Gasteiger partial charge in [0.25, 0.3) is 0 Å². The standard InChI is InChI=1S/C89H174O17P2/c1-6-9-12-15-18-21-24-27-29-31-32-33-34-36-38-45-50-55-60-65-70-75-89(94)106-85(79-100-87(92)73-68-63-58-53-48-43-40-39-42-46-51-56-61-66-71-82(4)5)81-104-108(97,98)102-77-83(90)76-101-107(95,96)103-80-84(78-99-86(91)72-67-62-57-52-47-41-26-23-20-17-14-11-8-3)105-88(93)74-69-64-59-54-49-44-37-35-30-28-25-22-19-16-13-10-7-2/h82-85,90H,6-81H2,1-5H3,(H,95,96)(H,97,98)/t83-,84+,85+/m0/s1. The Morgan fingerprint density at radius 2 is 0.426 bits per heavy atom. The number of rotatable bonds is 89. The number of ether oxygens (including phenoxy) is 4. The monoisotopic (exact) mass is 1580 g/mol. The van der Waals surface area contributed by atoms with Crippen LogP contribution in [0.5, 0.6) is 0 Å². The molecule has 108 heavy (non-hydrogen) atoms. The number of phosphoric acid groups is 2. The minimum atomic E-state index is -4.97. The van der Waals surface area contributed by atoms with Gasteiger partial charge < -0.3 is 33.8 Å². The van der Waals surface area contributed by atoms with E-state index in [0.717, 1.165) is 95.8 Å². The van der Waals surface area contributed by atoms with Gasteiger partial charge in [-0.1, -0.05) is 433 Å². The molecule has 19 heteroatoms. The summed E-state index contributed by atoms with van der Waals surface area (Å²) in [7, 11) is -9.93. The lowest BCUT2D eigenvalue weighted by Gasteiger charge is -2.21. The number of aliphatic hydroxyl groups is 1. The molecule has 0 aromatic heterocycles. The summed E-state index contributed by atoms with van der Waals surface area (Å²) in [6, 6.07) is 0. The van der Waals surface area contributed by atoms with Crippen LogP contribution in [0.4, 0.5) is 0 Å². The molecule has 3 N–H and O–H groups in total. The van der Waals surface area contributed by atoms with Crippen molar-refractivity contribution in [2.45, 2.75) is 502 Å². The largest absolute Gasteiger partial charge is 0.472 e. The summed E-state index contributed by atoms with van der Waals surface area (Å²) in [6.07, 6.45) is 76.3. The summed E-state index contributed by atoms with van der Waals surface area (Å²) in [4.78, 5) is 73.4. The second-order valence-corrected chi connectivity index (χ2v) is 35.4. The van der Waals surface area contributed by atoms with E-state index in [4.69, 9.17) is 37.0 Å². The highest BCUT2D eigenvalue weighted by Crippen LogP contribution is 2.45. The topological polar surface area (TPSA) is 237 Å². The van der Waals surface area contributed by atoms with Crippen LogP contribution in [0.1, 0.15) is 484 Å². The normalized spacial score (nSPS) is 13.7. The first-order chi connectivity index (χ1) is 52.5. The maximum atomic E-state index is 13.2. The molecular weight excluding hydrogens is 1400 g/mol. The van der Waals surface area contributed by atoms with Crippen molar-refractivity contribution >= 4 is 39.5 Å². The zero-order chi connectivity index (χ0) is 79.0. The molecule has 0 amide bonds. The van der Waals surface area contributed by atoms with Gasteiger partial charge in [0.05, 0.1) is 26.4 Å². The molecule has 0 bridgehead atoms. The van der Waals surface area contributed by atoms with Crippen molar-refractivity contribution in [2.75, 3.05) is 39.6 Å². The van der Waals surface area contributed by atoms with E-state index in [1.54, 1.807) is 0 Å². The predicted molar refractivity (Wildman–Crippen MR) is 446 cm³/mol. The third-order valence-corrected chi connectivity index (χ3v) is 22.9.